The van der Waals surface area contributed by atoms with E-state index in [-0.39, 0.29) is 22.3 Å². The van der Waals surface area contributed by atoms with Crippen LogP contribution in [0.1, 0.15) is 43.0 Å². The number of rotatable bonds is 3. The summed E-state index contributed by atoms with van der Waals surface area (Å²) in [7, 11) is 0. The van der Waals surface area contributed by atoms with E-state index in [1.807, 2.05) is 31.2 Å². The van der Waals surface area contributed by atoms with Crippen molar-refractivity contribution in [2.75, 3.05) is 13.1 Å². The molecule has 0 saturated carbocycles. The highest BCUT2D eigenvalue weighted by molar-refractivity contribution is 7.71. The molecule has 1 saturated heterocycles. The molecule has 6 heteroatoms. The summed E-state index contributed by atoms with van der Waals surface area (Å²) < 4.78 is 0.134. The summed E-state index contributed by atoms with van der Waals surface area (Å²) in [4.78, 5) is 20.2. The van der Waals surface area contributed by atoms with Gasteiger partial charge in [-0.15, -0.1) is 0 Å². The molecule has 0 aliphatic carbocycles. The summed E-state index contributed by atoms with van der Waals surface area (Å²) in [6, 6.07) is 7.83. The molecular weight excluding hydrogens is 334 g/mol. The van der Waals surface area contributed by atoms with Crippen LogP contribution in [0.2, 0.25) is 0 Å². The molecule has 0 radical (unpaired) electrons. The van der Waals surface area contributed by atoms with E-state index in [1.165, 1.54) is 6.42 Å². The minimum absolute atomic E-state index is 0.134. The highest BCUT2D eigenvalue weighted by atomic mass is 32.1. The zero-order valence-electron chi connectivity index (χ0n) is 14.9. The van der Waals surface area contributed by atoms with Gasteiger partial charge in [0.15, 0.2) is 4.77 Å². The summed E-state index contributed by atoms with van der Waals surface area (Å²) in [5.41, 5.74) is 2.16. The van der Waals surface area contributed by atoms with Crippen molar-refractivity contribution in [3.63, 3.8) is 0 Å². The van der Waals surface area contributed by atoms with Gasteiger partial charge in [-0.05, 0) is 43.0 Å². The molecule has 2 heterocycles. The molecule has 3 rings (SSSR count). The summed E-state index contributed by atoms with van der Waals surface area (Å²) in [6.45, 7) is 8.28. The molecule has 0 unspecified atom stereocenters. The van der Waals surface area contributed by atoms with Crippen LogP contribution in [0, 0.1) is 23.5 Å². The molecule has 1 aliphatic heterocycles. The quantitative estimate of drug-likeness (QED) is 0.733. The molecule has 0 amide bonds. The van der Waals surface area contributed by atoms with Crippen LogP contribution in [0.3, 0.4) is 0 Å². The van der Waals surface area contributed by atoms with Gasteiger partial charge in [0.05, 0.1) is 11.6 Å². The Bertz CT molecular complexity index is 846. The second kappa shape index (κ2) is 7.14. The second-order valence-corrected chi connectivity index (χ2v) is 7.79. The van der Waals surface area contributed by atoms with Crippen molar-refractivity contribution in [1.29, 1.82) is 0 Å². The fraction of sp³-hybridized carbons (Fsp3) is 0.474. The SMILES string of the molecule is Cc1ccc([C@H](c2c(O)[nH]c(=S)[nH]c2=O)N2C[C@H](C)C[C@H](C)C2)cc1. The second-order valence-electron chi connectivity index (χ2n) is 7.38. The molecule has 0 bridgehead atoms. The van der Waals surface area contributed by atoms with Gasteiger partial charge in [0.25, 0.3) is 5.56 Å². The molecular formula is C19H25N3O2S. The predicted octanol–water partition coefficient (Wildman–Crippen LogP) is 3.51. The number of aromatic hydroxyl groups is 1. The first kappa shape index (κ1) is 17.9. The van der Waals surface area contributed by atoms with E-state index in [9.17, 15) is 9.90 Å². The number of hydrogen-bond donors (Lipinski definition) is 3. The van der Waals surface area contributed by atoms with Crippen LogP contribution in [-0.2, 0) is 0 Å². The number of piperidine rings is 1. The maximum absolute atomic E-state index is 12.6. The fourth-order valence-corrected chi connectivity index (χ4v) is 4.16. The first-order valence-corrected chi connectivity index (χ1v) is 9.12. The van der Waals surface area contributed by atoms with Crippen molar-refractivity contribution in [3.8, 4) is 5.88 Å². The third-order valence-electron chi connectivity index (χ3n) is 4.89. The number of H-pyrrole nitrogens is 2. The van der Waals surface area contributed by atoms with Gasteiger partial charge < -0.3 is 10.1 Å². The zero-order valence-corrected chi connectivity index (χ0v) is 15.7. The van der Waals surface area contributed by atoms with Crippen LogP contribution < -0.4 is 5.56 Å². The number of aromatic amines is 2. The number of aryl methyl sites for hydroxylation is 1. The molecule has 3 atom stereocenters. The molecule has 1 aromatic heterocycles. The van der Waals surface area contributed by atoms with E-state index in [0.29, 0.717) is 17.4 Å². The van der Waals surface area contributed by atoms with Crippen molar-refractivity contribution >= 4 is 12.2 Å². The number of benzene rings is 1. The van der Waals surface area contributed by atoms with Gasteiger partial charge in [-0.2, -0.15) is 0 Å². The van der Waals surface area contributed by atoms with Crippen LogP contribution >= 0.6 is 12.2 Å². The Hall–Kier alpha value is -1.92. The molecule has 1 aliphatic rings. The molecule has 5 nitrogen and oxygen atoms in total. The minimum Gasteiger partial charge on any atom is -0.494 e. The summed E-state index contributed by atoms with van der Waals surface area (Å²) in [5, 5.41) is 10.5. The molecule has 25 heavy (non-hydrogen) atoms. The maximum atomic E-state index is 12.6. The summed E-state index contributed by atoms with van der Waals surface area (Å²) >= 11 is 4.98. The summed E-state index contributed by atoms with van der Waals surface area (Å²) in [6.07, 6.45) is 1.18. The summed E-state index contributed by atoms with van der Waals surface area (Å²) in [5.74, 6) is 0.936. The van der Waals surface area contributed by atoms with E-state index in [1.54, 1.807) is 0 Å². The highest BCUT2D eigenvalue weighted by Crippen LogP contribution is 2.35. The lowest BCUT2D eigenvalue weighted by molar-refractivity contribution is 0.109. The van der Waals surface area contributed by atoms with Crippen molar-refractivity contribution in [1.82, 2.24) is 14.9 Å². The van der Waals surface area contributed by atoms with Gasteiger partial charge in [-0.25, -0.2) is 0 Å². The Morgan fingerprint density at radius 3 is 2.32 bits per heavy atom. The van der Waals surface area contributed by atoms with Gasteiger partial charge in [0, 0.05) is 13.1 Å². The average molecular weight is 359 g/mol. The first-order chi connectivity index (χ1) is 11.8. The Morgan fingerprint density at radius 1 is 1.16 bits per heavy atom. The van der Waals surface area contributed by atoms with Crippen molar-refractivity contribution < 1.29 is 5.11 Å². The van der Waals surface area contributed by atoms with Gasteiger partial charge in [0.2, 0.25) is 5.88 Å². The maximum Gasteiger partial charge on any atom is 0.260 e. The van der Waals surface area contributed by atoms with Gasteiger partial charge in [-0.3, -0.25) is 14.7 Å². The van der Waals surface area contributed by atoms with Crippen LogP contribution in [0.5, 0.6) is 5.88 Å². The Labute approximate surface area is 152 Å². The van der Waals surface area contributed by atoms with Crippen LogP contribution in [-0.4, -0.2) is 33.1 Å². The van der Waals surface area contributed by atoms with E-state index in [2.05, 4.69) is 28.7 Å². The van der Waals surface area contributed by atoms with E-state index in [0.717, 1.165) is 24.2 Å². The van der Waals surface area contributed by atoms with E-state index >= 15 is 0 Å². The zero-order chi connectivity index (χ0) is 18.1. The Balaban J connectivity index is 2.14. The normalized spacial score (nSPS) is 22.7. The highest BCUT2D eigenvalue weighted by Gasteiger charge is 2.32. The molecule has 1 fully saturated rings. The van der Waals surface area contributed by atoms with Crippen molar-refractivity contribution in [2.24, 2.45) is 11.8 Å². The topological polar surface area (TPSA) is 72.1 Å². The first-order valence-electron chi connectivity index (χ1n) is 8.71. The third-order valence-corrected chi connectivity index (χ3v) is 5.09. The number of aromatic nitrogens is 2. The van der Waals surface area contributed by atoms with Crippen LogP contribution in [0.4, 0.5) is 0 Å². The monoisotopic (exact) mass is 359 g/mol. The Morgan fingerprint density at radius 2 is 1.76 bits per heavy atom. The van der Waals surface area contributed by atoms with Gasteiger partial charge in [-0.1, -0.05) is 43.7 Å². The van der Waals surface area contributed by atoms with Crippen LogP contribution in [0.25, 0.3) is 0 Å². The van der Waals surface area contributed by atoms with E-state index < -0.39 is 0 Å². The smallest absolute Gasteiger partial charge is 0.260 e. The molecule has 1 aromatic carbocycles. The van der Waals surface area contributed by atoms with Crippen molar-refractivity contribution in [3.05, 3.63) is 56.1 Å². The number of hydrogen-bond acceptors (Lipinski definition) is 4. The minimum atomic E-state index is -0.335. The number of nitrogens with zero attached hydrogens (tertiary/aromatic N) is 1. The van der Waals surface area contributed by atoms with Gasteiger partial charge in [0.1, 0.15) is 0 Å². The van der Waals surface area contributed by atoms with Crippen molar-refractivity contribution in [2.45, 2.75) is 33.2 Å². The number of nitrogens with one attached hydrogen (secondary N) is 2. The predicted molar refractivity (Wildman–Crippen MR) is 101 cm³/mol. The largest absolute Gasteiger partial charge is 0.494 e. The van der Waals surface area contributed by atoms with E-state index in [4.69, 9.17) is 12.2 Å². The molecule has 0 spiro atoms. The lowest BCUT2D eigenvalue weighted by Crippen LogP contribution is -2.43. The molecule has 134 valence electrons. The Kier molecular flexibility index (Phi) is 5.11. The lowest BCUT2D eigenvalue weighted by Gasteiger charge is -2.40. The molecule has 3 N–H and O–H groups in total. The molecule has 2 aromatic rings. The average Bonchev–Trinajstić information content (AvgIpc) is 2.51. The van der Waals surface area contributed by atoms with Gasteiger partial charge >= 0.3 is 0 Å². The standard InChI is InChI=1S/C19H25N3O2S/c1-11-4-6-14(7-5-11)16(22-9-12(2)8-13(3)10-22)15-17(23)20-19(25)21-18(15)24/h4-7,12-13,16H,8-10H2,1-3H3,(H3,20,21,23,24,25)/t12-,13+,16-/m1/s1. The van der Waals surface area contributed by atoms with Crippen LogP contribution in [0.15, 0.2) is 29.1 Å². The number of likely N-dealkylation sites (tertiary alicyclic amines) is 1. The lowest BCUT2D eigenvalue weighted by atomic mass is 9.88. The fourth-order valence-electron chi connectivity index (χ4n) is 3.97. The third kappa shape index (κ3) is 3.85.